The summed E-state index contributed by atoms with van der Waals surface area (Å²) in [5, 5.41) is 3.82. The van der Waals surface area contributed by atoms with Gasteiger partial charge in [0, 0.05) is 25.2 Å². The molecule has 1 aromatic rings. The van der Waals surface area contributed by atoms with Crippen molar-refractivity contribution in [2.45, 2.75) is 57.2 Å². The average Bonchev–Trinajstić information content (AvgIpc) is 3.38. The zero-order valence-electron chi connectivity index (χ0n) is 13.4. The Kier molecular flexibility index (Phi) is 3.35. The molecule has 0 bridgehead atoms. The summed E-state index contributed by atoms with van der Waals surface area (Å²) in [6, 6.07) is 12.6. The molecule has 2 nitrogen and oxygen atoms in total. The second-order valence-electron chi connectivity index (χ2n) is 7.77. The van der Waals surface area contributed by atoms with Crippen molar-refractivity contribution < 1.29 is 0 Å². The minimum atomic E-state index is 0.107. The van der Waals surface area contributed by atoms with Crippen LogP contribution in [0.15, 0.2) is 30.3 Å². The van der Waals surface area contributed by atoms with Crippen LogP contribution in [0.3, 0.4) is 0 Å². The van der Waals surface area contributed by atoms with Gasteiger partial charge >= 0.3 is 0 Å². The van der Waals surface area contributed by atoms with Gasteiger partial charge in [0.05, 0.1) is 5.54 Å². The molecule has 0 spiro atoms. The lowest BCUT2D eigenvalue weighted by molar-refractivity contribution is 0.0355. The highest BCUT2D eigenvalue weighted by molar-refractivity contribution is 5.25. The molecule has 1 saturated heterocycles. The Morgan fingerprint density at radius 1 is 1.10 bits per heavy atom. The molecule has 4 rings (SSSR count). The zero-order chi connectivity index (χ0) is 14.4. The minimum Gasteiger partial charge on any atom is -0.305 e. The van der Waals surface area contributed by atoms with E-state index in [1.165, 1.54) is 31.2 Å². The fraction of sp³-hybridized carbons (Fsp3) is 0.684. The molecule has 1 aliphatic heterocycles. The van der Waals surface area contributed by atoms with E-state index in [0.29, 0.717) is 6.04 Å². The van der Waals surface area contributed by atoms with Gasteiger partial charge in [-0.05, 0) is 56.9 Å². The van der Waals surface area contributed by atoms with Crippen LogP contribution in [0, 0.1) is 11.8 Å². The van der Waals surface area contributed by atoms with Gasteiger partial charge in [0.2, 0.25) is 0 Å². The van der Waals surface area contributed by atoms with Crippen molar-refractivity contribution in [3.8, 4) is 0 Å². The predicted molar refractivity (Wildman–Crippen MR) is 87.2 cm³/mol. The third-order valence-electron chi connectivity index (χ3n) is 5.86. The number of hydrogen-bond acceptors (Lipinski definition) is 2. The summed E-state index contributed by atoms with van der Waals surface area (Å²) in [5.41, 5.74) is 1.54. The first-order chi connectivity index (χ1) is 10.2. The number of piperazine rings is 1. The average molecular weight is 284 g/mol. The summed E-state index contributed by atoms with van der Waals surface area (Å²) in [6.45, 7) is 7.07. The monoisotopic (exact) mass is 284 g/mol. The third-order valence-corrected chi connectivity index (χ3v) is 5.86. The molecule has 1 N–H and O–H groups in total. The molecule has 114 valence electrons. The topological polar surface area (TPSA) is 15.3 Å². The lowest BCUT2D eigenvalue weighted by Gasteiger charge is -2.49. The van der Waals surface area contributed by atoms with E-state index in [9.17, 15) is 0 Å². The number of nitrogens with one attached hydrogen (secondary N) is 1. The van der Waals surface area contributed by atoms with Gasteiger partial charge in [0.25, 0.3) is 0 Å². The fourth-order valence-corrected chi connectivity index (χ4v) is 4.27. The number of nitrogens with zero attached hydrogens (tertiary/aromatic N) is 1. The van der Waals surface area contributed by atoms with Crippen LogP contribution < -0.4 is 5.32 Å². The molecule has 2 unspecified atom stereocenters. The maximum absolute atomic E-state index is 3.82. The van der Waals surface area contributed by atoms with Crippen molar-refractivity contribution >= 4 is 0 Å². The largest absolute Gasteiger partial charge is 0.305 e. The first-order valence-electron chi connectivity index (χ1n) is 8.74. The van der Waals surface area contributed by atoms with Crippen molar-refractivity contribution in [3.05, 3.63) is 35.9 Å². The minimum absolute atomic E-state index is 0.107. The van der Waals surface area contributed by atoms with Crippen LogP contribution in [-0.2, 0) is 5.54 Å². The molecule has 1 aromatic carbocycles. The van der Waals surface area contributed by atoms with Gasteiger partial charge in [-0.2, -0.15) is 0 Å². The maximum atomic E-state index is 3.82. The van der Waals surface area contributed by atoms with Gasteiger partial charge in [-0.1, -0.05) is 30.3 Å². The highest BCUT2D eigenvalue weighted by Crippen LogP contribution is 2.48. The van der Waals surface area contributed by atoms with Gasteiger partial charge < -0.3 is 5.32 Å². The van der Waals surface area contributed by atoms with Gasteiger partial charge in [-0.25, -0.2) is 0 Å². The number of benzene rings is 1. The van der Waals surface area contributed by atoms with Crippen LogP contribution in [0.2, 0.25) is 0 Å². The van der Waals surface area contributed by atoms with Crippen molar-refractivity contribution in [3.63, 3.8) is 0 Å². The van der Waals surface area contributed by atoms with Crippen LogP contribution in [-0.4, -0.2) is 30.1 Å². The molecule has 2 saturated carbocycles. The third kappa shape index (κ3) is 2.64. The second-order valence-corrected chi connectivity index (χ2v) is 7.77. The van der Waals surface area contributed by atoms with Crippen molar-refractivity contribution in [2.24, 2.45) is 11.8 Å². The lowest BCUT2D eigenvalue weighted by Crippen LogP contribution is -2.63. The first-order valence-corrected chi connectivity index (χ1v) is 8.74. The van der Waals surface area contributed by atoms with E-state index in [-0.39, 0.29) is 5.54 Å². The van der Waals surface area contributed by atoms with Crippen LogP contribution in [0.5, 0.6) is 0 Å². The quantitative estimate of drug-likeness (QED) is 0.912. The molecule has 0 amide bonds. The summed E-state index contributed by atoms with van der Waals surface area (Å²) in [6.07, 6.45) is 5.89. The predicted octanol–water partition coefficient (Wildman–Crippen LogP) is 3.38. The van der Waals surface area contributed by atoms with Gasteiger partial charge in [0.1, 0.15) is 0 Å². The molecular weight excluding hydrogens is 256 g/mol. The Bertz CT molecular complexity index is 480. The summed E-state index contributed by atoms with van der Waals surface area (Å²) in [5.74, 6) is 2.00. The van der Waals surface area contributed by atoms with E-state index in [1.54, 1.807) is 0 Å². The van der Waals surface area contributed by atoms with E-state index in [0.717, 1.165) is 31.0 Å². The molecule has 0 aromatic heterocycles. The Morgan fingerprint density at radius 2 is 1.71 bits per heavy atom. The summed E-state index contributed by atoms with van der Waals surface area (Å²) in [7, 11) is 0. The fourth-order valence-electron chi connectivity index (χ4n) is 4.27. The highest BCUT2D eigenvalue weighted by atomic mass is 15.3. The molecule has 3 aliphatic rings. The van der Waals surface area contributed by atoms with Gasteiger partial charge in [-0.3, -0.25) is 4.90 Å². The molecular formula is C19H28N2. The maximum Gasteiger partial charge on any atom is 0.0535 e. The summed E-state index contributed by atoms with van der Waals surface area (Å²) >= 11 is 0. The molecule has 2 atom stereocenters. The number of rotatable bonds is 4. The lowest BCUT2D eigenvalue weighted by atomic mass is 9.86. The molecule has 21 heavy (non-hydrogen) atoms. The molecule has 0 radical (unpaired) electrons. The van der Waals surface area contributed by atoms with E-state index < -0.39 is 0 Å². The second kappa shape index (κ2) is 5.10. The van der Waals surface area contributed by atoms with Gasteiger partial charge in [0.15, 0.2) is 0 Å². The smallest absolute Gasteiger partial charge is 0.0535 e. The summed E-state index contributed by atoms with van der Waals surface area (Å²) in [4.78, 5) is 2.86. The van der Waals surface area contributed by atoms with Crippen LogP contribution in [0.1, 0.15) is 45.1 Å². The highest BCUT2D eigenvalue weighted by Gasteiger charge is 2.48. The Morgan fingerprint density at radius 3 is 2.29 bits per heavy atom. The van der Waals surface area contributed by atoms with Crippen molar-refractivity contribution in [2.75, 3.05) is 13.1 Å². The van der Waals surface area contributed by atoms with Crippen LogP contribution in [0.25, 0.3) is 0 Å². The first kappa shape index (κ1) is 13.8. The Balaban J connectivity index is 1.59. The molecule has 2 heteroatoms. The standard InChI is InChI=1S/C19H28N2/c1-14-12-20-19(2,17-6-4-3-5-7-17)13-21(14)18(15-8-9-15)16-10-11-16/h3-7,14-16,18,20H,8-13H2,1-2H3. The van der Waals surface area contributed by atoms with E-state index in [2.05, 4.69) is 54.4 Å². The van der Waals surface area contributed by atoms with E-state index in [1.807, 2.05) is 0 Å². The van der Waals surface area contributed by atoms with Crippen LogP contribution in [0.4, 0.5) is 0 Å². The number of hydrogen-bond donors (Lipinski definition) is 1. The Hall–Kier alpha value is -0.860. The van der Waals surface area contributed by atoms with E-state index in [4.69, 9.17) is 0 Å². The van der Waals surface area contributed by atoms with Crippen molar-refractivity contribution in [1.82, 2.24) is 10.2 Å². The Labute approximate surface area is 128 Å². The summed E-state index contributed by atoms with van der Waals surface area (Å²) < 4.78 is 0. The van der Waals surface area contributed by atoms with E-state index >= 15 is 0 Å². The van der Waals surface area contributed by atoms with Crippen LogP contribution >= 0.6 is 0 Å². The molecule has 1 heterocycles. The van der Waals surface area contributed by atoms with Crippen molar-refractivity contribution in [1.29, 1.82) is 0 Å². The molecule has 2 aliphatic carbocycles. The zero-order valence-corrected chi connectivity index (χ0v) is 13.4. The van der Waals surface area contributed by atoms with Gasteiger partial charge in [-0.15, -0.1) is 0 Å². The molecule has 3 fully saturated rings. The normalized spacial score (nSPS) is 34.3. The SMILES string of the molecule is CC1CNC(C)(c2ccccc2)CN1C(C1CC1)C1CC1.